The monoisotopic (exact) mass is 283 g/mol. The first-order valence-corrected chi connectivity index (χ1v) is 7.15. The Morgan fingerprint density at radius 1 is 1.17 bits per heavy atom. The Balaban J connectivity index is 1.69. The van der Waals surface area contributed by atoms with Crippen LogP contribution in [0.2, 0.25) is 10.0 Å². The van der Waals surface area contributed by atoms with Gasteiger partial charge < -0.3 is 5.32 Å². The molecule has 0 saturated heterocycles. The molecule has 2 fully saturated rings. The second-order valence-corrected chi connectivity index (χ2v) is 6.21. The Kier molecular flexibility index (Phi) is 3.25. The summed E-state index contributed by atoms with van der Waals surface area (Å²) >= 11 is 11.8. The van der Waals surface area contributed by atoms with Crippen LogP contribution in [0.5, 0.6) is 0 Å². The van der Waals surface area contributed by atoms with E-state index in [9.17, 15) is 4.79 Å². The molecule has 0 heterocycles. The Morgan fingerprint density at radius 3 is 2.61 bits per heavy atom. The van der Waals surface area contributed by atoms with E-state index < -0.39 is 0 Å². The number of hydrogen-bond donors (Lipinski definition) is 1. The molecule has 2 aliphatic rings. The van der Waals surface area contributed by atoms with E-state index in [2.05, 4.69) is 5.32 Å². The smallest absolute Gasteiger partial charge is 0.227 e. The fraction of sp³-hybridized carbons (Fsp3) is 0.500. The van der Waals surface area contributed by atoms with E-state index in [1.165, 1.54) is 19.3 Å². The van der Waals surface area contributed by atoms with Gasteiger partial charge in [-0.05, 0) is 49.3 Å². The van der Waals surface area contributed by atoms with Gasteiger partial charge in [-0.15, -0.1) is 0 Å². The van der Waals surface area contributed by atoms with E-state index in [4.69, 9.17) is 23.2 Å². The molecule has 0 aromatic heterocycles. The maximum absolute atomic E-state index is 12.2. The lowest BCUT2D eigenvalue weighted by Gasteiger charge is -2.20. The van der Waals surface area contributed by atoms with Gasteiger partial charge in [0.15, 0.2) is 0 Å². The Hall–Kier alpha value is -0.730. The summed E-state index contributed by atoms with van der Waals surface area (Å²) in [6.07, 6.45) is 4.81. The molecule has 0 radical (unpaired) electrons. The summed E-state index contributed by atoms with van der Waals surface area (Å²) in [6, 6.07) is 5.20. The quantitative estimate of drug-likeness (QED) is 0.858. The van der Waals surface area contributed by atoms with Gasteiger partial charge in [0, 0.05) is 11.6 Å². The Labute approximate surface area is 117 Å². The van der Waals surface area contributed by atoms with E-state index in [1.807, 2.05) is 0 Å². The minimum atomic E-state index is 0.139. The average Bonchev–Trinajstić information content (AvgIpc) is 2.96. The van der Waals surface area contributed by atoms with Crippen LogP contribution in [-0.4, -0.2) is 5.91 Å². The van der Waals surface area contributed by atoms with Crippen molar-refractivity contribution < 1.29 is 4.79 Å². The van der Waals surface area contributed by atoms with Gasteiger partial charge in [0.2, 0.25) is 5.91 Å². The van der Waals surface area contributed by atoms with Gasteiger partial charge in [-0.3, -0.25) is 4.79 Å². The highest BCUT2D eigenvalue weighted by atomic mass is 35.5. The van der Waals surface area contributed by atoms with Crippen molar-refractivity contribution in [1.29, 1.82) is 0 Å². The molecule has 2 bridgehead atoms. The third kappa shape index (κ3) is 2.24. The predicted molar refractivity (Wildman–Crippen MR) is 74.0 cm³/mol. The summed E-state index contributed by atoms with van der Waals surface area (Å²) in [5, 5.41) is 3.94. The topological polar surface area (TPSA) is 29.1 Å². The molecular weight excluding hydrogens is 269 g/mol. The minimum Gasteiger partial charge on any atom is -0.326 e. The second kappa shape index (κ2) is 4.75. The molecule has 2 nitrogen and oxygen atoms in total. The maximum Gasteiger partial charge on any atom is 0.227 e. The van der Waals surface area contributed by atoms with Crippen molar-refractivity contribution >= 4 is 34.8 Å². The summed E-state index contributed by atoms with van der Waals surface area (Å²) in [6.45, 7) is 0. The SMILES string of the molecule is O=C(Nc1ccc(Cl)c(Cl)c1)C1CC2CCC1C2. The van der Waals surface area contributed by atoms with Gasteiger partial charge in [-0.1, -0.05) is 29.6 Å². The van der Waals surface area contributed by atoms with E-state index in [1.54, 1.807) is 18.2 Å². The molecule has 1 amide bonds. The number of benzene rings is 1. The summed E-state index contributed by atoms with van der Waals surface area (Å²) in [5.41, 5.74) is 0.733. The summed E-state index contributed by atoms with van der Waals surface area (Å²) in [7, 11) is 0. The van der Waals surface area contributed by atoms with E-state index in [0.717, 1.165) is 18.0 Å². The zero-order valence-electron chi connectivity index (χ0n) is 9.96. The van der Waals surface area contributed by atoms with Crippen molar-refractivity contribution in [3.8, 4) is 0 Å². The van der Waals surface area contributed by atoms with E-state index >= 15 is 0 Å². The third-order valence-corrected chi connectivity index (χ3v) is 5.00. The molecule has 2 aliphatic carbocycles. The molecule has 0 spiro atoms. The number of fused-ring (bicyclic) bond motifs is 2. The summed E-state index contributed by atoms with van der Waals surface area (Å²) in [5.74, 6) is 1.70. The van der Waals surface area contributed by atoms with Crippen molar-refractivity contribution in [2.75, 3.05) is 5.32 Å². The van der Waals surface area contributed by atoms with Gasteiger partial charge in [0.05, 0.1) is 10.0 Å². The molecule has 1 N–H and O–H groups in total. The van der Waals surface area contributed by atoms with Crippen LogP contribution in [0.1, 0.15) is 25.7 Å². The van der Waals surface area contributed by atoms with Gasteiger partial charge in [0.1, 0.15) is 0 Å². The molecule has 0 aliphatic heterocycles. The molecule has 1 aromatic rings. The van der Waals surface area contributed by atoms with Crippen LogP contribution in [0.15, 0.2) is 18.2 Å². The standard InChI is InChI=1S/C14H15Cl2NO/c15-12-4-3-10(7-13(12)16)17-14(18)11-6-8-1-2-9(11)5-8/h3-4,7-9,11H,1-2,5-6H2,(H,17,18). The van der Waals surface area contributed by atoms with Gasteiger partial charge >= 0.3 is 0 Å². The maximum atomic E-state index is 12.2. The first-order chi connectivity index (χ1) is 8.63. The number of amides is 1. The molecule has 2 saturated carbocycles. The van der Waals surface area contributed by atoms with Crippen LogP contribution >= 0.6 is 23.2 Å². The highest BCUT2D eigenvalue weighted by Gasteiger charge is 2.42. The molecule has 3 unspecified atom stereocenters. The predicted octanol–water partition coefficient (Wildman–Crippen LogP) is 4.37. The van der Waals surface area contributed by atoms with Crippen LogP contribution in [-0.2, 0) is 4.79 Å². The highest BCUT2D eigenvalue weighted by molar-refractivity contribution is 6.42. The number of hydrogen-bond acceptors (Lipinski definition) is 1. The number of carbonyl (C=O) groups excluding carboxylic acids is 1. The van der Waals surface area contributed by atoms with Crippen LogP contribution in [0, 0.1) is 17.8 Å². The Morgan fingerprint density at radius 2 is 2.00 bits per heavy atom. The van der Waals surface area contributed by atoms with Crippen molar-refractivity contribution in [2.24, 2.45) is 17.8 Å². The first kappa shape index (κ1) is 12.3. The van der Waals surface area contributed by atoms with Crippen LogP contribution in [0.4, 0.5) is 5.69 Å². The van der Waals surface area contributed by atoms with Crippen LogP contribution in [0.25, 0.3) is 0 Å². The van der Waals surface area contributed by atoms with E-state index in [-0.39, 0.29) is 11.8 Å². The lowest BCUT2D eigenvalue weighted by molar-refractivity contribution is -0.121. The summed E-state index contributed by atoms with van der Waals surface area (Å²) in [4.78, 5) is 12.2. The third-order valence-electron chi connectivity index (χ3n) is 4.26. The van der Waals surface area contributed by atoms with Crippen LogP contribution in [0.3, 0.4) is 0 Å². The number of rotatable bonds is 2. The average molecular weight is 284 g/mol. The number of nitrogens with one attached hydrogen (secondary N) is 1. The molecule has 3 rings (SSSR count). The van der Waals surface area contributed by atoms with Crippen molar-refractivity contribution in [1.82, 2.24) is 0 Å². The number of halogens is 2. The fourth-order valence-corrected chi connectivity index (χ4v) is 3.67. The highest BCUT2D eigenvalue weighted by Crippen LogP contribution is 2.48. The van der Waals surface area contributed by atoms with Crippen molar-refractivity contribution in [3.05, 3.63) is 28.2 Å². The number of anilines is 1. The normalized spacial score (nSPS) is 29.6. The molecule has 1 aromatic carbocycles. The van der Waals surface area contributed by atoms with Crippen molar-refractivity contribution in [2.45, 2.75) is 25.7 Å². The van der Waals surface area contributed by atoms with Gasteiger partial charge in [-0.25, -0.2) is 0 Å². The lowest BCUT2D eigenvalue weighted by Crippen LogP contribution is -2.27. The van der Waals surface area contributed by atoms with Gasteiger partial charge in [-0.2, -0.15) is 0 Å². The fourth-order valence-electron chi connectivity index (χ4n) is 3.37. The zero-order valence-corrected chi connectivity index (χ0v) is 11.5. The number of carbonyl (C=O) groups is 1. The van der Waals surface area contributed by atoms with E-state index in [0.29, 0.717) is 16.0 Å². The van der Waals surface area contributed by atoms with Crippen molar-refractivity contribution in [3.63, 3.8) is 0 Å². The summed E-state index contributed by atoms with van der Waals surface area (Å²) < 4.78 is 0. The molecular formula is C14H15Cl2NO. The molecule has 4 heteroatoms. The molecule has 96 valence electrons. The molecule has 18 heavy (non-hydrogen) atoms. The zero-order chi connectivity index (χ0) is 12.7. The van der Waals surface area contributed by atoms with Crippen LogP contribution < -0.4 is 5.32 Å². The second-order valence-electron chi connectivity index (χ2n) is 5.40. The van der Waals surface area contributed by atoms with Gasteiger partial charge in [0.25, 0.3) is 0 Å². The largest absolute Gasteiger partial charge is 0.326 e. The molecule has 3 atom stereocenters. The lowest BCUT2D eigenvalue weighted by atomic mass is 9.88. The first-order valence-electron chi connectivity index (χ1n) is 6.39. The Bertz CT molecular complexity index is 489. The minimum absolute atomic E-state index is 0.139.